The number of aromatic nitrogens is 8. The molecule has 8 heterocycles. The fourth-order valence-corrected chi connectivity index (χ4v) is 21.2. The molecule has 5 unspecified atom stereocenters. The summed E-state index contributed by atoms with van der Waals surface area (Å²) in [5.41, 5.74) is 16.7. The van der Waals surface area contributed by atoms with Gasteiger partial charge in [0.05, 0.1) is 78.6 Å². The fraction of sp³-hybridized carbons (Fsp3) is 0.400. The molecule has 31 heteroatoms. The van der Waals surface area contributed by atoms with Crippen LogP contribution in [-0.2, 0) is 62.0 Å². The molecule has 12 aromatic rings. The zero-order valence-electron chi connectivity index (χ0n) is 77.4. The molecule has 136 heavy (non-hydrogen) atoms. The third-order valence-electron chi connectivity index (χ3n) is 27.1. The molecule has 5 N–H and O–H groups in total. The Bertz CT molecular complexity index is 6680. The predicted octanol–water partition coefficient (Wildman–Crippen LogP) is 15.5. The second-order valence-corrected chi connectivity index (χ2v) is 37.1. The van der Waals surface area contributed by atoms with Gasteiger partial charge in [-0.15, -0.1) is 0 Å². The van der Waals surface area contributed by atoms with E-state index in [1.54, 1.807) is 64.4 Å². The van der Waals surface area contributed by atoms with Gasteiger partial charge in [-0.2, -0.15) is 41.0 Å². The Balaban J connectivity index is 0.000000126. The maximum atomic E-state index is 12.6. The third kappa shape index (κ3) is 18.5. The van der Waals surface area contributed by atoms with Crippen molar-refractivity contribution in [3.63, 3.8) is 0 Å². The molecular formula is C105H108N16O15. The molecule has 5 atom stereocenters. The van der Waals surface area contributed by atoms with E-state index in [0.717, 1.165) is 122 Å². The van der Waals surface area contributed by atoms with E-state index in [4.69, 9.17) is 37.0 Å². The average Bonchev–Trinajstić information content (AvgIpc) is 1.57. The summed E-state index contributed by atoms with van der Waals surface area (Å²) < 4.78 is 45.2. The Kier molecular flexibility index (Phi) is 27.3. The lowest BCUT2D eigenvalue weighted by Gasteiger charge is -2.41. The highest BCUT2D eigenvalue weighted by Gasteiger charge is 2.52. The van der Waals surface area contributed by atoms with E-state index in [1.807, 2.05) is 127 Å². The maximum Gasteiger partial charge on any atom is 0.258 e. The van der Waals surface area contributed by atoms with Gasteiger partial charge < -0.3 is 77.5 Å². The molecule has 0 bridgehead atoms. The van der Waals surface area contributed by atoms with Crippen LogP contribution >= 0.6 is 0 Å². The summed E-state index contributed by atoms with van der Waals surface area (Å²) in [5, 5.41) is 96.6. The van der Waals surface area contributed by atoms with Crippen LogP contribution in [0.5, 0.6) is 23.0 Å². The molecule has 0 saturated carbocycles. The van der Waals surface area contributed by atoms with Crippen molar-refractivity contribution < 1.29 is 71.8 Å². The van der Waals surface area contributed by atoms with E-state index in [2.05, 4.69) is 94.4 Å². The second kappa shape index (κ2) is 39.7. The number of nitriles is 4. The topological polar surface area (TPSA) is 442 Å². The Morgan fingerprint density at radius 3 is 1.18 bits per heavy atom. The summed E-state index contributed by atoms with van der Waals surface area (Å²) in [7, 11) is 0. The lowest BCUT2D eigenvalue weighted by molar-refractivity contribution is -0.136. The van der Waals surface area contributed by atoms with Gasteiger partial charge in [0.1, 0.15) is 47.3 Å². The third-order valence-corrected chi connectivity index (χ3v) is 27.1. The number of fused-ring (bicyclic) bond motifs is 8. The van der Waals surface area contributed by atoms with Crippen LogP contribution in [0.3, 0.4) is 0 Å². The number of aliphatic hydroxyl groups is 4. The number of carbonyl (C=O) groups excluding carboxylic acids is 3. The Labute approximate surface area is 787 Å². The molecular weight excluding hydrogens is 1730 g/mol. The summed E-state index contributed by atoms with van der Waals surface area (Å²) in [6, 6.07) is 54.4. The van der Waals surface area contributed by atoms with Crippen molar-refractivity contribution in [3.05, 3.63) is 212 Å². The van der Waals surface area contributed by atoms with Crippen LogP contribution in [0.1, 0.15) is 199 Å². The SMILES string of the molecule is CC(C)Oc1ccc(-c2nc(-c3cccc4c3CCC43CCC(=O)N(CCO)C3)no2)cc1C#N.CC(C)Oc1ccc(-c2nc(-c3cccc4c3CCC43CCC(=O)N3CCO)no2)cc1C#N.CC(C)Oc1ccc(-c2nc(-c3cccc4c3CCC43CCC(CO)N3)no2)cc1C#N.CC(C)Oc1ccc(-c2nc(-c3cccc4c3CCCC43CC(=O)N(CCO)C3)no2)cc1C#N. The van der Waals surface area contributed by atoms with Crippen molar-refractivity contribution in [3.8, 4) is 139 Å². The lowest BCUT2D eigenvalue weighted by Crippen LogP contribution is -2.48. The molecule has 4 aliphatic carbocycles. The number of piperidine rings is 1. The number of β-amino-alcohol motifs (C(OH)–C–C–N with tert-alkyl or cyclic N) is 3. The van der Waals surface area contributed by atoms with Crippen molar-refractivity contribution in [2.24, 2.45) is 0 Å². The van der Waals surface area contributed by atoms with Crippen molar-refractivity contribution >= 4 is 17.7 Å². The van der Waals surface area contributed by atoms with Gasteiger partial charge in [-0.3, -0.25) is 14.4 Å². The maximum absolute atomic E-state index is 12.6. The number of likely N-dealkylation sites (tertiary alicyclic amines) is 3. The summed E-state index contributed by atoms with van der Waals surface area (Å²) in [4.78, 5) is 61.5. The minimum absolute atomic E-state index is 0.0200. The first-order valence-electron chi connectivity index (χ1n) is 46.6. The number of carbonyl (C=O) groups is 3. The van der Waals surface area contributed by atoms with E-state index in [0.29, 0.717) is 166 Å². The van der Waals surface area contributed by atoms with Crippen molar-refractivity contribution in [1.82, 2.24) is 60.6 Å². The van der Waals surface area contributed by atoms with Crippen molar-refractivity contribution in [2.45, 2.75) is 210 Å². The zero-order valence-corrected chi connectivity index (χ0v) is 77.4. The molecule has 0 radical (unpaired) electrons. The van der Waals surface area contributed by atoms with Crippen LogP contribution in [0.4, 0.5) is 0 Å². The molecule has 31 nitrogen and oxygen atoms in total. The smallest absolute Gasteiger partial charge is 0.258 e. The number of benzene rings is 8. The molecule has 4 spiro atoms. The van der Waals surface area contributed by atoms with Crippen LogP contribution in [0.2, 0.25) is 0 Å². The number of hydrogen-bond donors (Lipinski definition) is 5. The van der Waals surface area contributed by atoms with E-state index in [-0.39, 0.29) is 96.5 Å². The van der Waals surface area contributed by atoms with E-state index >= 15 is 0 Å². The second-order valence-electron chi connectivity index (χ2n) is 37.1. The Morgan fingerprint density at radius 1 is 0.404 bits per heavy atom. The van der Waals surface area contributed by atoms with Crippen LogP contribution in [0.15, 0.2) is 164 Å². The normalized spacial score (nSPS) is 19.8. The first-order valence-corrected chi connectivity index (χ1v) is 46.6. The molecule has 698 valence electrons. The highest BCUT2D eigenvalue weighted by atomic mass is 16.5. The van der Waals surface area contributed by atoms with Gasteiger partial charge in [0, 0.05) is 119 Å². The first kappa shape index (κ1) is 93.5. The van der Waals surface area contributed by atoms with Crippen molar-refractivity contribution in [1.29, 1.82) is 21.0 Å². The number of hydrogen-bond acceptors (Lipinski definition) is 28. The van der Waals surface area contributed by atoms with Gasteiger partial charge in [0.2, 0.25) is 41.0 Å². The van der Waals surface area contributed by atoms with Gasteiger partial charge >= 0.3 is 0 Å². The molecule has 4 saturated heterocycles. The number of rotatable bonds is 23. The minimum Gasteiger partial charge on any atom is -0.490 e. The summed E-state index contributed by atoms with van der Waals surface area (Å²) in [6.45, 7) is 17.7. The highest BCUT2D eigenvalue weighted by Crippen LogP contribution is 2.54. The fourth-order valence-electron chi connectivity index (χ4n) is 21.2. The van der Waals surface area contributed by atoms with Crippen LogP contribution in [-0.4, -0.2) is 183 Å². The van der Waals surface area contributed by atoms with Gasteiger partial charge in [-0.25, -0.2) is 0 Å². The number of ether oxygens (including phenoxy) is 4. The predicted molar refractivity (Wildman–Crippen MR) is 500 cm³/mol. The molecule has 8 aliphatic rings. The minimum atomic E-state index is -0.369. The van der Waals surface area contributed by atoms with Crippen molar-refractivity contribution in [2.75, 3.05) is 59.2 Å². The molecule has 4 fully saturated rings. The number of nitrogens with zero attached hydrogens (tertiary/aromatic N) is 15. The highest BCUT2D eigenvalue weighted by molar-refractivity contribution is 5.84. The average molecular weight is 1830 g/mol. The quantitative estimate of drug-likeness (QED) is 0.0397. The lowest BCUT2D eigenvalue weighted by atomic mass is 9.68. The summed E-state index contributed by atoms with van der Waals surface area (Å²) in [5.74, 6) is 5.80. The van der Waals surface area contributed by atoms with E-state index in [9.17, 15) is 55.9 Å². The Morgan fingerprint density at radius 2 is 0.765 bits per heavy atom. The number of aliphatic hydroxyl groups excluding tert-OH is 4. The largest absolute Gasteiger partial charge is 0.490 e. The van der Waals surface area contributed by atoms with Crippen LogP contribution < -0.4 is 24.3 Å². The molecule has 3 amide bonds. The van der Waals surface area contributed by atoms with Crippen LogP contribution in [0.25, 0.3) is 91.4 Å². The summed E-state index contributed by atoms with van der Waals surface area (Å²) in [6.07, 6.45) is 13.0. The standard InChI is InChI=1S/2C27H28N4O4.C26H26N4O4.C25H26N4O3/c1-17(2)34-23-9-8-18(13-19(23)15-28)26-29-25(30-35-26)21-5-3-7-22-20(21)6-4-10-27(22)14-24(33)31(16-27)11-12-32;1-17(2)34-23-7-6-18(14-19(23)15-28)26-29-25(30-35-26)21-4-3-5-22-20(21)8-10-27(22)11-9-24(33)31(16-27)12-13-32;1-16(2)33-22-7-6-17(14-18(22)15-27)25-28-24(29-34-25)20-4-3-5-21-19(20)8-10-26(21)11-9-23(32)30(26)12-13-31;1-15(2)31-22-7-6-16(12-17(22)13-26)24-27-23(29-32-24)20-4-3-5-21-19(20)9-11-25(21)10-8-18(14-30)28-25/h3,5,7-9,13,17,32H,4,6,10-12,14,16H2,1-2H3;3-7,14,17,32H,8-13,16H2,1-2H3;3-7,14,16,31H,8-13H2,1-2H3;3-7,12,15,18,28,30H,8-11,14H2,1-2H3. The monoisotopic (exact) mass is 1830 g/mol. The number of amides is 3. The van der Waals surface area contributed by atoms with E-state index < -0.39 is 0 Å². The molecule has 8 aromatic carbocycles. The molecule has 4 aliphatic heterocycles. The first-order chi connectivity index (χ1) is 65.9. The number of nitrogens with one attached hydrogen (secondary N) is 1. The molecule has 4 aromatic heterocycles. The van der Waals surface area contributed by atoms with Gasteiger partial charge in [0.15, 0.2) is 0 Å². The summed E-state index contributed by atoms with van der Waals surface area (Å²) >= 11 is 0. The van der Waals surface area contributed by atoms with Gasteiger partial charge in [-0.05, 0) is 256 Å². The van der Waals surface area contributed by atoms with Gasteiger partial charge in [-0.1, -0.05) is 93.4 Å². The molecule has 20 rings (SSSR count). The Hall–Kier alpha value is -14.3. The zero-order chi connectivity index (χ0) is 95.3. The van der Waals surface area contributed by atoms with E-state index in [1.165, 1.54) is 27.8 Å². The van der Waals surface area contributed by atoms with Crippen LogP contribution in [0, 0.1) is 45.3 Å². The van der Waals surface area contributed by atoms with Gasteiger partial charge in [0.25, 0.3) is 23.6 Å².